The molecule has 1 aliphatic rings. The molecule has 0 atom stereocenters. The molecule has 6 nitrogen and oxygen atoms in total. The third kappa shape index (κ3) is 4.09. The molecule has 0 aliphatic carbocycles. The Hall–Kier alpha value is -3.12. The topological polar surface area (TPSA) is 67.2 Å². The van der Waals surface area contributed by atoms with Crippen molar-refractivity contribution in [1.82, 2.24) is 20.0 Å². The van der Waals surface area contributed by atoms with E-state index in [4.69, 9.17) is 11.6 Å². The summed E-state index contributed by atoms with van der Waals surface area (Å²) in [5.74, 6) is -0.304. The van der Waals surface area contributed by atoms with Gasteiger partial charge in [-0.05, 0) is 36.8 Å². The highest BCUT2D eigenvalue weighted by Crippen LogP contribution is 2.24. The summed E-state index contributed by atoms with van der Waals surface area (Å²) in [5.41, 5.74) is 4.95. The number of aromatic nitrogens is 2. The zero-order valence-electron chi connectivity index (χ0n) is 17.0. The number of hydrogen-bond acceptors (Lipinski definition) is 3. The molecule has 4 rings (SSSR count). The summed E-state index contributed by atoms with van der Waals surface area (Å²) in [6.45, 7) is 3.39. The summed E-state index contributed by atoms with van der Waals surface area (Å²) in [7, 11) is 1.84. The van der Waals surface area contributed by atoms with Crippen LogP contribution in [0.25, 0.3) is 0 Å². The minimum absolute atomic E-state index is 0.0766. The van der Waals surface area contributed by atoms with E-state index in [1.54, 1.807) is 33.8 Å². The van der Waals surface area contributed by atoms with Crippen LogP contribution >= 0.6 is 11.6 Å². The van der Waals surface area contributed by atoms with Gasteiger partial charge in [-0.3, -0.25) is 14.3 Å². The number of amides is 2. The minimum Gasteiger partial charge on any atom is -0.347 e. The van der Waals surface area contributed by atoms with Crippen LogP contribution in [0.15, 0.2) is 48.5 Å². The Morgan fingerprint density at radius 3 is 2.67 bits per heavy atom. The molecule has 0 unspecified atom stereocenters. The van der Waals surface area contributed by atoms with Crippen LogP contribution in [0.5, 0.6) is 0 Å². The van der Waals surface area contributed by atoms with Crippen LogP contribution in [0.3, 0.4) is 0 Å². The van der Waals surface area contributed by atoms with Crippen LogP contribution in [0, 0.1) is 6.92 Å². The zero-order valence-corrected chi connectivity index (χ0v) is 17.7. The zero-order chi connectivity index (χ0) is 21.3. The van der Waals surface area contributed by atoms with Crippen molar-refractivity contribution in [2.24, 2.45) is 7.05 Å². The molecule has 1 aliphatic heterocycles. The molecule has 0 bridgehead atoms. The van der Waals surface area contributed by atoms with Crippen LogP contribution in [0.1, 0.15) is 43.2 Å². The number of fused-ring (bicyclic) bond motifs is 1. The Balaban J connectivity index is 1.51. The molecular weight excluding hydrogens is 400 g/mol. The normalized spacial score (nSPS) is 13.1. The fourth-order valence-corrected chi connectivity index (χ4v) is 3.94. The van der Waals surface area contributed by atoms with Gasteiger partial charge in [0.15, 0.2) is 5.69 Å². The standard InChI is InChI=1S/C23H23ClN4O2/c1-15-4-3-5-16(12-15)13-25-22(29)21-19-14-28(11-10-20(19)27(2)26-21)23(30)17-6-8-18(24)9-7-17/h3-9,12H,10-11,13-14H2,1-2H3,(H,25,29). The molecule has 0 saturated heterocycles. The fourth-order valence-electron chi connectivity index (χ4n) is 3.81. The van der Waals surface area contributed by atoms with Gasteiger partial charge >= 0.3 is 0 Å². The summed E-state index contributed by atoms with van der Waals surface area (Å²) in [6.07, 6.45) is 0.656. The van der Waals surface area contributed by atoms with Crippen LogP contribution in [0.4, 0.5) is 0 Å². The first-order chi connectivity index (χ1) is 14.4. The minimum atomic E-state index is -0.228. The molecule has 2 heterocycles. The maximum atomic E-state index is 12.9. The number of nitrogens with one attached hydrogen (secondary N) is 1. The molecule has 0 radical (unpaired) electrons. The number of benzene rings is 2. The molecule has 0 saturated carbocycles. The molecule has 7 heteroatoms. The Labute approximate surface area is 180 Å². The molecule has 2 amide bonds. The number of hydrogen-bond donors (Lipinski definition) is 1. The smallest absolute Gasteiger partial charge is 0.272 e. The van der Waals surface area contributed by atoms with Gasteiger partial charge in [0.25, 0.3) is 11.8 Å². The lowest BCUT2D eigenvalue weighted by Gasteiger charge is -2.27. The maximum Gasteiger partial charge on any atom is 0.272 e. The van der Waals surface area contributed by atoms with Gasteiger partial charge < -0.3 is 10.2 Å². The van der Waals surface area contributed by atoms with Crippen molar-refractivity contribution in [2.45, 2.75) is 26.4 Å². The largest absolute Gasteiger partial charge is 0.347 e. The lowest BCUT2D eigenvalue weighted by Crippen LogP contribution is -2.37. The van der Waals surface area contributed by atoms with Gasteiger partial charge in [0.1, 0.15) is 0 Å². The highest BCUT2D eigenvalue weighted by Gasteiger charge is 2.29. The molecular formula is C23H23ClN4O2. The van der Waals surface area contributed by atoms with Crippen molar-refractivity contribution in [2.75, 3.05) is 6.54 Å². The summed E-state index contributed by atoms with van der Waals surface area (Å²) >= 11 is 5.93. The maximum absolute atomic E-state index is 12.9. The van der Waals surface area contributed by atoms with Gasteiger partial charge in [0.2, 0.25) is 0 Å². The Morgan fingerprint density at radius 2 is 1.93 bits per heavy atom. The average Bonchev–Trinajstić information content (AvgIpc) is 3.08. The van der Waals surface area contributed by atoms with Gasteiger partial charge in [-0.2, -0.15) is 5.10 Å². The van der Waals surface area contributed by atoms with Crippen molar-refractivity contribution < 1.29 is 9.59 Å². The lowest BCUT2D eigenvalue weighted by atomic mass is 10.0. The summed E-state index contributed by atoms with van der Waals surface area (Å²) < 4.78 is 1.75. The second-order valence-corrected chi connectivity index (χ2v) is 7.99. The van der Waals surface area contributed by atoms with E-state index in [-0.39, 0.29) is 11.8 Å². The average molecular weight is 423 g/mol. The summed E-state index contributed by atoms with van der Waals surface area (Å²) in [4.78, 5) is 27.5. The number of nitrogens with zero attached hydrogens (tertiary/aromatic N) is 3. The van der Waals surface area contributed by atoms with E-state index in [1.807, 2.05) is 38.2 Å². The van der Waals surface area contributed by atoms with Gasteiger partial charge in [0.05, 0.1) is 6.54 Å². The molecule has 1 aromatic heterocycles. The monoisotopic (exact) mass is 422 g/mol. The quantitative estimate of drug-likeness (QED) is 0.699. The van der Waals surface area contributed by atoms with E-state index in [1.165, 1.54) is 0 Å². The van der Waals surface area contributed by atoms with Gasteiger partial charge in [-0.25, -0.2) is 0 Å². The second kappa shape index (κ2) is 8.32. The molecule has 3 aromatic rings. The van der Waals surface area contributed by atoms with Crippen molar-refractivity contribution in [3.05, 3.63) is 87.2 Å². The van der Waals surface area contributed by atoms with E-state index in [2.05, 4.69) is 10.4 Å². The van der Waals surface area contributed by atoms with Crippen LogP contribution in [-0.4, -0.2) is 33.0 Å². The molecule has 2 aromatic carbocycles. The summed E-state index contributed by atoms with van der Waals surface area (Å²) in [5, 5.41) is 7.99. The first-order valence-corrected chi connectivity index (χ1v) is 10.2. The number of carbonyl (C=O) groups excluding carboxylic acids is 2. The third-order valence-electron chi connectivity index (χ3n) is 5.37. The molecule has 30 heavy (non-hydrogen) atoms. The molecule has 0 spiro atoms. The SMILES string of the molecule is Cc1cccc(CNC(=O)c2nn(C)c3c2CN(C(=O)c2ccc(Cl)cc2)CC3)c1. The number of carbonyl (C=O) groups is 2. The van der Waals surface area contributed by atoms with Crippen molar-refractivity contribution in [3.63, 3.8) is 0 Å². The predicted octanol–water partition coefficient (Wildman–Crippen LogP) is 3.51. The van der Waals surface area contributed by atoms with Crippen LogP contribution in [0.2, 0.25) is 5.02 Å². The van der Waals surface area contributed by atoms with E-state index in [0.29, 0.717) is 42.3 Å². The first-order valence-electron chi connectivity index (χ1n) is 9.85. The highest BCUT2D eigenvalue weighted by atomic mass is 35.5. The van der Waals surface area contributed by atoms with E-state index >= 15 is 0 Å². The Morgan fingerprint density at radius 1 is 1.17 bits per heavy atom. The van der Waals surface area contributed by atoms with Crippen molar-refractivity contribution in [3.8, 4) is 0 Å². The number of aryl methyl sites for hydroxylation is 2. The van der Waals surface area contributed by atoms with E-state index in [9.17, 15) is 9.59 Å². The van der Waals surface area contributed by atoms with E-state index in [0.717, 1.165) is 22.4 Å². The number of halogens is 1. The summed E-state index contributed by atoms with van der Waals surface area (Å²) in [6, 6.07) is 14.9. The highest BCUT2D eigenvalue weighted by molar-refractivity contribution is 6.30. The van der Waals surface area contributed by atoms with Crippen molar-refractivity contribution in [1.29, 1.82) is 0 Å². The molecule has 154 valence electrons. The predicted molar refractivity (Wildman–Crippen MR) is 115 cm³/mol. The van der Waals surface area contributed by atoms with Crippen molar-refractivity contribution >= 4 is 23.4 Å². The van der Waals surface area contributed by atoms with Crippen LogP contribution in [-0.2, 0) is 26.6 Å². The van der Waals surface area contributed by atoms with Gasteiger partial charge in [0, 0.05) is 48.4 Å². The molecule has 0 fully saturated rings. The van der Waals surface area contributed by atoms with Crippen LogP contribution < -0.4 is 5.32 Å². The lowest BCUT2D eigenvalue weighted by molar-refractivity contribution is 0.0730. The first kappa shape index (κ1) is 20.2. The van der Waals surface area contributed by atoms with E-state index < -0.39 is 0 Å². The Bertz CT molecular complexity index is 1100. The second-order valence-electron chi connectivity index (χ2n) is 7.55. The number of rotatable bonds is 4. The fraction of sp³-hybridized carbons (Fsp3) is 0.261. The third-order valence-corrected chi connectivity index (χ3v) is 5.62. The Kier molecular flexibility index (Phi) is 5.59. The van der Waals surface area contributed by atoms with Gasteiger partial charge in [-0.1, -0.05) is 41.4 Å². The van der Waals surface area contributed by atoms with Gasteiger partial charge in [-0.15, -0.1) is 0 Å². The molecule has 1 N–H and O–H groups in total.